The molecule has 2 aromatic carbocycles. The number of unbranched alkanes of at least 4 members (excludes halogenated alkanes) is 2. The summed E-state index contributed by atoms with van der Waals surface area (Å²) >= 11 is 0. The molecule has 0 bridgehead atoms. The number of nitrogens with zero attached hydrogens (tertiary/aromatic N) is 3. The molecule has 3 aromatic rings. The van der Waals surface area contributed by atoms with Gasteiger partial charge in [0.05, 0.1) is 17.6 Å². The first kappa shape index (κ1) is 18.5. The van der Waals surface area contributed by atoms with E-state index in [2.05, 4.69) is 72.9 Å². The van der Waals surface area contributed by atoms with E-state index in [1.165, 1.54) is 47.2 Å². The van der Waals surface area contributed by atoms with E-state index in [4.69, 9.17) is 4.74 Å². The van der Waals surface area contributed by atoms with E-state index in [1.807, 2.05) is 0 Å². The highest BCUT2D eigenvalue weighted by atomic mass is 16.5. The van der Waals surface area contributed by atoms with Crippen molar-refractivity contribution in [3.05, 3.63) is 65.1 Å². The monoisotopic (exact) mass is 373 g/mol. The second kappa shape index (κ2) is 7.63. The van der Waals surface area contributed by atoms with Crippen LogP contribution in [-0.4, -0.2) is 9.97 Å². The quantitative estimate of drug-likeness (QED) is 0.364. The number of hydrogen-bond donors (Lipinski definition) is 0. The number of fused-ring (bicyclic) bond motifs is 2. The maximum atomic E-state index is 6.11. The summed E-state index contributed by atoms with van der Waals surface area (Å²) in [5, 5.41) is 0. The Hall–Kier alpha value is -2.88. The summed E-state index contributed by atoms with van der Waals surface area (Å²) in [6.45, 7) is 8.70. The number of aryl methyl sites for hydroxylation is 4. The van der Waals surface area contributed by atoms with Gasteiger partial charge < -0.3 is 4.74 Å². The zero-order valence-electron chi connectivity index (χ0n) is 17.1. The van der Waals surface area contributed by atoms with Crippen molar-refractivity contribution < 1.29 is 4.74 Å². The Kier molecular flexibility index (Phi) is 5.03. The summed E-state index contributed by atoms with van der Waals surface area (Å²) < 4.78 is 6.11. The number of anilines is 3. The molecule has 0 saturated carbocycles. The number of rotatable bonds is 5. The van der Waals surface area contributed by atoms with Crippen LogP contribution in [0, 0.1) is 20.8 Å². The molecule has 0 N–H and O–H groups in total. The molecule has 0 atom stereocenters. The zero-order chi connectivity index (χ0) is 19.7. The van der Waals surface area contributed by atoms with Gasteiger partial charge in [0.1, 0.15) is 6.33 Å². The minimum Gasteiger partial charge on any atom is -0.450 e. The van der Waals surface area contributed by atoms with Crippen molar-refractivity contribution in [1.29, 1.82) is 0 Å². The molecule has 4 nitrogen and oxygen atoms in total. The Morgan fingerprint density at radius 2 is 1.75 bits per heavy atom. The van der Waals surface area contributed by atoms with Crippen LogP contribution in [0.1, 0.15) is 48.4 Å². The first-order chi connectivity index (χ1) is 13.6. The van der Waals surface area contributed by atoms with Crippen LogP contribution in [-0.2, 0) is 6.42 Å². The third-order valence-electron chi connectivity index (χ3n) is 5.29. The first-order valence-corrected chi connectivity index (χ1v) is 10.1. The third kappa shape index (κ3) is 3.35. The lowest BCUT2D eigenvalue weighted by molar-refractivity contribution is 0.470. The molecular weight excluding hydrogens is 346 g/mol. The van der Waals surface area contributed by atoms with Crippen molar-refractivity contribution in [3.63, 3.8) is 0 Å². The fraction of sp³-hybridized carbons (Fsp3) is 0.333. The second-order valence-corrected chi connectivity index (χ2v) is 7.65. The van der Waals surface area contributed by atoms with Gasteiger partial charge in [-0.05, 0) is 68.0 Å². The molecule has 0 unspecified atom stereocenters. The van der Waals surface area contributed by atoms with E-state index >= 15 is 0 Å². The van der Waals surface area contributed by atoms with Crippen LogP contribution < -0.4 is 9.64 Å². The lowest BCUT2D eigenvalue weighted by Gasteiger charge is -2.33. The molecule has 0 fully saturated rings. The number of benzene rings is 2. The summed E-state index contributed by atoms with van der Waals surface area (Å²) in [6, 6.07) is 10.9. The highest BCUT2D eigenvalue weighted by molar-refractivity contribution is 5.86. The molecule has 1 aliphatic heterocycles. The number of aromatic nitrogens is 2. The van der Waals surface area contributed by atoms with Crippen LogP contribution in [0.4, 0.5) is 17.2 Å². The van der Waals surface area contributed by atoms with Crippen LogP contribution in [0.15, 0.2) is 42.9 Å². The van der Waals surface area contributed by atoms with Crippen LogP contribution in [0.5, 0.6) is 11.5 Å². The van der Waals surface area contributed by atoms with Gasteiger partial charge >= 0.3 is 0 Å². The summed E-state index contributed by atoms with van der Waals surface area (Å²) in [5.41, 5.74) is 7.27. The average Bonchev–Trinajstić information content (AvgIpc) is 2.67. The molecule has 144 valence electrons. The van der Waals surface area contributed by atoms with Crippen LogP contribution in [0.3, 0.4) is 0 Å². The van der Waals surface area contributed by atoms with Crippen LogP contribution >= 0.6 is 0 Å². The Bertz CT molecular complexity index is 989. The Morgan fingerprint density at radius 3 is 2.50 bits per heavy atom. The molecule has 0 aliphatic carbocycles. The van der Waals surface area contributed by atoms with Gasteiger partial charge in [-0.15, -0.1) is 0 Å². The Labute approximate surface area is 167 Å². The predicted molar refractivity (Wildman–Crippen MR) is 114 cm³/mol. The molecule has 2 heterocycles. The average molecular weight is 374 g/mol. The second-order valence-electron chi connectivity index (χ2n) is 7.65. The summed E-state index contributed by atoms with van der Waals surface area (Å²) in [6.07, 6.45) is 8.22. The molecule has 1 aromatic heterocycles. The normalized spacial score (nSPS) is 12.4. The molecule has 28 heavy (non-hydrogen) atoms. The van der Waals surface area contributed by atoms with Gasteiger partial charge in [0.15, 0.2) is 17.3 Å². The predicted octanol–water partition coefficient (Wildman–Crippen LogP) is 6.71. The van der Waals surface area contributed by atoms with Gasteiger partial charge in [-0.1, -0.05) is 38.0 Å². The van der Waals surface area contributed by atoms with Crippen molar-refractivity contribution in [2.45, 2.75) is 53.4 Å². The van der Waals surface area contributed by atoms with Gasteiger partial charge in [0.2, 0.25) is 0 Å². The smallest absolute Gasteiger partial charge is 0.188 e. The van der Waals surface area contributed by atoms with E-state index in [9.17, 15) is 0 Å². The number of ether oxygens (including phenoxy) is 1. The van der Waals surface area contributed by atoms with E-state index in [-0.39, 0.29) is 0 Å². The molecule has 4 rings (SSSR count). The molecule has 1 aliphatic rings. The first-order valence-electron chi connectivity index (χ1n) is 10.1. The maximum absolute atomic E-state index is 6.11. The fourth-order valence-electron chi connectivity index (χ4n) is 4.02. The number of hydrogen-bond acceptors (Lipinski definition) is 4. The molecule has 0 amide bonds. The molecule has 0 saturated heterocycles. The summed E-state index contributed by atoms with van der Waals surface area (Å²) in [4.78, 5) is 10.9. The van der Waals surface area contributed by atoms with Gasteiger partial charge in [0.25, 0.3) is 0 Å². The van der Waals surface area contributed by atoms with E-state index < -0.39 is 0 Å². The fourth-order valence-corrected chi connectivity index (χ4v) is 4.02. The Morgan fingerprint density at radius 1 is 0.964 bits per heavy atom. The lowest BCUT2D eigenvalue weighted by Crippen LogP contribution is -2.19. The molecule has 4 heteroatoms. The van der Waals surface area contributed by atoms with Crippen molar-refractivity contribution >= 4 is 17.2 Å². The largest absolute Gasteiger partial charge is 0.450 e. The van der Waals surface area contributed by atoms with E-state index in [0.717, 1.165) is 23.7 Å². The van der Waals surface area contributed by atoms with Crippen molar-refractivity contribution in [2.75, 3.05) is 4.90 Å². The lowest BCUT2D eigenvalue weighted by atomic mass is 9.98. The van der Waals surface area contributed by atoms with Crippen molar-refractivity contribution in [1.82, 2.24) is 9.97 Å². The van der Waals surface area contributed by atoms with Gasteiger partial charge in [-0.25, -0.2) is 9.97 Å². The van der Waals surface area contributed by atoms with Gasteiger partial charge in [-0.3, -0.25) is 4.90 Å². The Balaban J connectivity index is 1.83. The van der Waals surface area contributed by atoms with Crippen molar-refractivity contribution in [2.24, 2.45) is 0 Å². The summed E-state index contributed by atoms with van der Waals surface area (Å²) in [7, 11) is 0. The standard InChI is InChI=1S/C24H27N3O/c1-5-6-7-8-19-12-17(3)23(18(4)13-19)27-20-10-9-16(2)11-21(20)28-22-14-25-15-26-24(22)27/h9-15H,5-8H2,1-4H3. The van der Waals surface area contributed by atoms with Gasteiger partial charge in [0, 0.05) is 0 Å². The minimum absolute atomic E-state index is 0.687. The van der Waals surface area contributed by atoms with Crippen LogP contribution in [0.25, 0.3) is 0 Å². The van der Waals surface area contributed by atoms with E-state index in [1.54, 1.807) is 12.5 Å². The minimum atomic E-state index is 0.687. The third-order valence-corrected chi connectivity index (χ3v) is 5.29. The maximum Gasteiger partial charge on any atom is 0.188 e. The molecular formula is C24H27N3O. The topological polar surface area (TPSA) is 38.2 Å². The molecule has 0 radical (unpaired) electrons. The summed E-state index contributed by atoms with van der Waals surface area (Å²) in [5.74, 6) is 2.32. The highest BCUT2D eigenvalue weighted by Crippen LogP contribution is 2.50. The van der Waals surface area contributed by atoms with Crippen molar-refractivity contribution in [3.8, 4) is 11.5 Å². The SMILES string of the molecule is CCCCCc1cc(C)c(N2c3ccc(C)cc3Oc3cncnc32)c(C)c1. The zero-order valence-corrected chi connectivity index (χ0v) is 17.1. The molecule has 0 spiro atoms. The van der Waals surface area contributed by atoms with Crippen LogP contribution in [0.2, 0.25) is 0 Å². The highest BCUT2D eigenvalue weighted by Gasteiger charge is 2.29. The van der Waals surface area contributed by atoms with Gasteiger partial charge in [-0.2, -0.15) is 0 Å². The van der Waals surface area contributed by atoms with E-state index in [0.29, 0.717) is 5.75 Å².